The molecule has 0 aliphatic carbocycles. The molecule has 0 spiro atoms. The first-order chi connectivity index (χ1) is 13.6. The Morgan fingerprint density at radius 1 is 1.14 bits per heavy atom. The zero-order valence-corrected chi connectivity index (χ0v) is 17.2. The number of sulfonamides is 1. The Bertz CT molecular complexity index is 818. The van der Waals surface area contributed by atoms with Gasteiger partial charge >= 0.3 is 0 Å². The van der Waals surface area contributed by atoms with Gasteiger partial charge in [-0.05, 0) is 55.0 Å². The summed E-state index contributed by atoms with van der Waals surface area (Å²) in [7, 11) is -3.43. The lowest BCUT2D eigenvalue weighted by atomic mass is 10.1. The van der Waals surface area contributed by atoms with Crippen LogP contribution in [0.15, 0.2) is 53.7 Å². The van der Waals surface area contributed by atoms with Crippen LogP contribution in [0.4, 0.5) is 0 Å². The van der Waals surface area contributed by atoms with Gasteiger partial charge in [-0.15, -0.1) is 0 Å². The van der Waals surface area contributed by atoms with E-state index in [1.807, 2.05) is 24.3 Å². The number of nitrogens with zero attached hydrogens (tertiary/aromatic N) is 2. The van der Waals surface area contributed by atoms with Crippen LogP contribution in [0.5, 0.6) is 0 Å². The van der Waals surface area contributed by atoms with Crippen LogP contribution < -0.4 is 5.48 Å². The van der Waals surface area contributed by atoms with E-state index in [1.54, 1.807) is 28.8 Å². The summed E-state index contributed by atoms with van der Waals surface area (Å²) in [5.74, 6) is 0. The molecule has 7 heteroatoms. The molecule has 6 nitrogen and oxygen atoms in total. The lowest BCUT2D eigenvalue weighted by molar-refractivity contribution is -0.00701. The number of unbranched alkanes of at least 4 members (excludes halogenated alkanes) is 1. The molecule has 1 aromatic heterocycles. The van der Waals surface area contributed by atoms with Crippen LogP contribution in [0.25, 0.3) is 0 Å². The topological polar surface area (TPSA) is 71.5 Å². The van der Waals surface area contributed by atoms with Crippen molar-refractivity contribution in [2.45, 2.75) is 56.6 Å². The fourth-order valence-corrected chi connectivity index (χ4v) is 4.77. The van der Waals surface area contributed by atoms with E-state index in [4.69, 9.17) is 4.84 Å². The zero-order chi connectivity index (χ0) is 19.8. The second kappa shape index (κ2) is 10.1. The highest BCUT2D eigenvalue weighted by Gasteiger charge is 2.29. The highest BCUT2D eigenvalue weighted by atomic mass is 32.2. The Morgan fingerprint density at radius 2 is 1.89 bits per heavy atom. The molecular weight excluding hydrogens is 374 g/mol. The average Bonchev–Trinajstić information content (AvgIpc) is 2.74. The largest absolute Gasteiger partial charge is 0.297 e. The van der Waals surface area contributed by atoms with Crippen molar-refractivity contribution in [1.82, 2.24) is 14.8 Å². The average molecular weight is 404 g/mol. The summed E-state index contributed by atoms with van der Waals surface area (Å²) in [6.45, 7) is 3.58. The molecule has 3 rings (SSSR count). The van der Waals surface area contributed by atoms with Gasteiger partial charge in [0.05, 0.1) is 11.5 Å². The van der Waals surface area contributed by atoms with Crippen molar-refractivity contribution in [3.05, 3.63) is 59.9 Å². The summed E-state index contributed by atoms with van der Waals surface area (Å²) < 4.78 is 27.3. The summed E-state index contributed by atoms with van der Waals surface area (Å²) in [6, 6.07) is 11.3. The SMILES string of the molecule is CCCCc1ccc(S(=O)(=O)N2CCC(NOCc3cccnc3)CC2)cc1. The van der Waals surface area contributed by atoms with Crippen LogP contribution in [0.3, 0.4) is 0 Å². The third kappa shape index (κ3) is 5.61. The third-order valence-corrected chi connectivity index (χ3v) is 6.96. The first-order valence-electron chi connectivity index (χ1n) is 9.95. The summed E-state index contributed by atoms with van der Waals surface area (Å²) in [4.78, 5) is 9.99. The molecule has 1 saturated heterocycles. The molecule has 2 aromatic rings. The maximum atomic E-state index is 12.9. The molecule has 152 valence electrons. The number of piperidine rings is 1. The predicted octanol–water partition coefficient (Wildman–Crippen LogP) is 3.30. The van der Waals surface area contributed by atoms with Crippen molar-refractivity contribution in [2.75, 3.05) is 13.1 Å². The second-order valence-corrected chi connectivity index (χ2v) is 9.13. The lowest BCUT2D eigenvalue weighted by Crippen LogP contribution is -2.44. The summed E-state index contributed by atoms with van der Waals surface area (Å²) >= 11 is 0. The Kier molecular flexibility index (Phi) is 7.56. The van der Waals surface area contributed by atoms with Crippen molar-refractivity contribution in [3.8, 4) is 0 Å². The summed E-state index contributed by atoms with van der Waals surface area (Å²) in [5.41, 5.74) is 5.25. The first kappa shape index (κ1) is 20.9. The quantitative estimate of drug-likeness (QED) is 0.651. The molecule has 1 aliphatic rings. The van der Waals surface area contributed by atoms with E-state index >= 15 is 0 Å². The van der Waals surface area contributed by atoms with Crippen molar-refractivity contribution in [1.29, 1.82) is 0 Å². The first-order valence-corrected chi connectivity index (χ1v) is 11.4. The van der Waals surface area contributed by atoms with E-state index in [0.29, 0.717) is 24.6 Å². The van der Waals surface area contributed by atoms with Gasteiger partial charge in [0.1, 0.15) is 0 Å². The molecule has 0 unspecified atom stereocenters. The molecule has 28 heavy (non-hydrogen) atoms. The van der Waals surface area contributed by atoms with Gasteiger partial charge in [0.25, 0.3) is 0 Å². The number of hydrogen-bond donors (Lipinski definition) is 1. The highest BCUT2D eigenvalue weighted by molar-refractivity contribution is 7.89. The van der Waals surface area contributed by atoms with E-state index in [9.17, 15) is 8.42 Å². The molecule has 0 amide bonds. The Morgan fingerprint density at radius 3 is 2.54 bits per heavy atom. The summed E-state index contributed by atoms with van der Waals surface area (Å²) in [6.07, 6.45) is 8.19. The minimum Gasteiger partial charge on any atom is -0.297 e. The van der Waals surface area contributed by atoms with Crippen LogP contribution in [-0.2, 0) is 27.9 Å². The van der Waals surface area contributed by atoms with Gasteiger partial charge in [-0.3, -0.25) is 9.82 Å². The van der Waals surface area contributed by atoms with Crippen LogP contribution in [0.2, 0.25) is 0 Å². The van der Waals surface area contributed by atoms with Crippen molar-refractivity contribution in [3.63, 3.8) is 0 Å². The number of nitrogens with one attached hydrogen (secondary N) is 1. The smallest absolute Gasteiger partial charge is 0.243 e. The van der Waals surface area contributed by atoms with Gasteiger partial charge in [0, 0.05) is 31.5 Å². The van der Waals surface area contributed by atoms with Crippen LogP contribution in [0.1, 0.15) is 43.7 Å². The molecule has 1 aliphatic heterocycles. The molecule has 1 N–H and O–H groups in total. The van der Waals surface area contributed by atoms with E-state index in [1.165, 1.54) is 5.56 Å². The molecule has 0 radical (unpaired) electrons. The van der Waals surface area contributed by atoms with Gasteiger partial charge in [0.2, 0.25) is 10.0 Å². The van der Waals surface area contributed by atoms with Gasteiger partial charge in [-0.25, -0.2) is 8.42 Å². The van der Waals surface area contributed by atoms with Crippen LogP contribution >= 0.6 is 0 Å². The van der Waals surface area contributed by atoms with Crippen LogP contribution in [-0.4, -0.2) is 36.8 Å². The van der Waals surface area contributed by atoms with Gasteiger partial charge in [0.15, 0.2) is 0 Å². The standard InChI is InChI=1S/C21H29N3O3S/c1-2-3-5-18-7-9-21(10-8-18)28(25,26)24-14-11-20(12-15-24)23-27-17-19-6-4-13-22-16-19/h4,6-10,13,16,20,23H,2-3,5,11-12,14-15,17H2,1H3. The monoisotopic (exact) mass is 403 g/mol. The van der Waals surface area contributed by atoms with E-state index in [0.717, 1.165) is 37.7 Å². The molecule has 2 heterocycles. The van der Waals surface area contributed by atoms with Gasteiger partial charge in [-0.2, -0.15) is 9.79 Å². The number of aryl methyl sites for hydroxylation is 1. The van der Waals surface area contributed by atoms with Crippen LogP contribution in [0, 0.1) is 0 Å². The van der Waals surface area contributed by atoms with Crippen molar-refractivity contribution >= 4 is 10.0 Å². The third-order valence-electron chi connectivity index (χ3n) is 5.05. The minimum atomic E-state index is -3.43. The number of aromatic nitrogens is 1. The maximum Gasteiger partial charge on any atom is 0.243 e. The number of rotatable bonds is 9. The van der Waals surface area contributed by atoms with Crippen molar-refractivity contribution < 1.29 is 13.3 Å². The minimum absolute atomic E-state index is 0.152. The van der Waals surface area contributed by atoms with E-state index in [2.05, 4.69) is 17.4 Å². The van der Waals surface area contributed by atoms with E-state index < -0.39 is 10.0 Å². The highest BCUT2D eigenvalue weighted by Crippen LogP contribution is 2.21. The normalized spacial score (nSPS) is 16.3. The molecule has 0 bridgehead atoms. The lowest BCUT2D eigenvalue weighted by Gasteiger charge is -2.31. The predicted molar refractivity (Wildman–Crippen MR) is 109 cm³/mol. The number of pyridine rings is 1. The number of benzene rings is 1. The fourth-order valence-electron chi connectivity index (χ4n) is 3.30. The Hall–Kier alpha value is -1.80. The van der Waals surface area contributed by atoms with E-state index in [-0.39, 0.29) is 6.04 Å². The zero-order valence-electron chi connectivity index (χ0n) is 16.4. The number of hydroxylamine groups is 1. The Labute approximate surface area is 167 Å². The fraction of sp³-hybridized carbons (Fsp3) is 0.476. The number of hydrogen-bond acceptors (Lipinski definition) is 5. The maximum absolute atomic E-state index is 12.9. The molecule has 0 atom stereocenters. The van der Waals surface area contributed by atoms with Gasteiger partial charge in [-0.1, -0.05) is 31.5 Å². The molecule has 1 fully saturated rings. The summed E-state index contributed by atoms with van der Waals surface area (Å²) in [5, 5.41) is 0. The van der Waals surface area contributed by atoms with Gasteiger partial charge < -0.3 is 0 Å². The molecule has 0 saturated carbocycles. The van der Waals surface area contributed by atoms with Crippen molar-refractivity contribution in [2.24, 2.45) is 0 Å². The second-order valence-electron chi connectivity index (χ2n) is 7.19. The molecular formula is C21H29N3O3S. The Balaban J connectivity index is 1.48. The molecule has 1 aromatic carbocycles.